The lowest BCUT2D eigenvalue weighted by molar-refractivity contribution is -0.134. The van der Waals surface area contributed by atoms with E-state index >= 15 is 0 Å². The van der Waals surface area contributed by atoms with Crippen molar-refractivity contribution in [3.8, 4) is 0 Å². The molecule has 1 aliphatic heterocycles. The van der Waals surface area contributed by atoms with Crippen molar-refractivity contribution >= 4 is 15.8 Å². The summed E-state index contributed by atoms with van der Waals surface area (Å²) in [6.45, 7) is 0.577. The molecule has 1 heterocycles. The zero-order chi connectivity index (χ0) is 9.90. The Hall–Kier alpha value is -0.620. The fourth-order valence-corrected chi connectivity index (χ4v) is 2.63. The van der Waals surface area contributed by atoms with E-state index in [0.717, 1.165) is 6.42 Å². The second-order valence-corrected chi connectivity index (χ2v) is 5.19. The van der Waals surface area contributed by atoms with Crippen molar-refractivity contribution in [2.24, 2.45) is 0 Å². The molecule has 0 aromatic carbocycles. The first-order valence-electron chi connectivity index (χ1n) is 4.03. The van der Waals surface area contributed by atoms with Crippen molar-refractivity contribution < 1.29 is 23.1 Å². The van der Waals surface area contributed by atoms with Gasteiger partial charge in [0, 0.05) is 6.61 Å². The topological polar surface area (TPSA) is 80.7 Å². The number of rotatable bonds is 4. The smallest absolute Gasteiger partial charge is 0.318 e. The lowest BCUT2D eigenvalue weighted by Crippen LogP contribution is -2.25. The van der Waals surface area contributed by atoms with Gasteiger partial charge < -0.3 is 9.84 Å². The molecule has 0 aromatic heterocycles. The highest BCUT2D eigenvalue weighted by Gasteiger charge is 2.24. The summed E-state index contributed by atoms with van der Waals surface area (Å²) in [6.07, 6.45) is 1.26. The second kappa shape index (κ2) is 4.06. The average molecular weight is 208 g/mol. The van der Waals surface area contributed by atoms with Crippen molar-refractivity contribution in [1.29, 1.82) is 0 Å². The summed E-state index contributed by atoms with van der Waals surface area (Å²) in [5, 5.41) is 8.30. The molecule has 1 N–H and O–H groups in total. The van der Waals surface area contributed by atoms with Crippen LogP contribution in [0.5, 0.6) is 0 Å². The molecule has 1 saturated heterocycles. The zero-order valence-electron chi connectivity index (χ0n) is 7.10. The van der Waals surface area contributed by atoms with E-state index in [2.05, 4.69) is 0 Å². The van der Waals surface area contributed by atoms with Gasteiger partial charge in [-0.25, -0.2) is 8.42 Å². The molecule has 0 amide bonds. The van der Waals surface area contributed by atoms with Crippen LogP contribution in [0, 0.1) is 0 Å². The Balaban J connectivity index is 2.46. The Labute approximate surface area is 76.6 Å². The first-order chi connectivity index (χ1) is 5.99. The van der Waals surface area contributed by atoms with Crippen molar-refractivity contribution in [1.82, 2.24) is 0 Å². The molecule has 0 radical (unpaired) electrons. The van der Waals surface area contributed by atoms with Crippen LogP contribution in [0.2, 0.25) is 0 Å². The van der Waals surface area contributed by atoms with Gasteiger partial charge in [0.05, 0.1) is 11.9 Å². The fraction of sp³-hybridized carbons (Fsp3) is 0.857. The molecule has 0 aromatic rings. The van der Waals surface area contributed by atoms with Gasteiger partial charge in [-0.2, -0.15) is 0 Å². The number of carbonyl (C=O) groups is 1. The SMILES string of the molecule is O=C(O)CS(=O)(=O)C[C@@H]1CCCO1. The predicted molar refractivity (Wildman–Crippen MR) is 45.3 cm³/mol. The molecule has 1 fully saturated rings. The maximum Gasteiger partial charge on any atom is 0.318 e. The van der Waals surface area contributed by atoms with E-state index in [0.29, 0.717) is 13.0 Å². The molecule has 1 rings (SSSR count). The predicted octanol–water partition coefficient (Wildman–Crippen LogP) is -0.335. The molecule has 0 spiro atoms. The first kappa shape index (κ1) is 10.5. The van der Waals surface area contributed by atoms with Gasteiger partial charge in [-0.3, -0.25) is 4.79 Å². The van der Waals surface area contributed by atoms with Crippen molar-refractivity contribution in [2.75, 3.05) is 18.1 Å². The minimum Gasteiger partial charge on any atom is -0.480 e. The van der Waals surface area contributed by atoms with Crippen LogP contribution in [0.4, 0.5) is 0 Å². The maximum atomic E-state index is 11.1. The highest BCUT2D eigenvalue weighted by atomic mass is 32.2. The first-order valence-corrected chi connectivity index (χ1v) is 5.85. The highest BCUT2D eigenvalue weighted by molar-refractivity contribution is 7.92. The Morgan fingerprint density at radius 2 is 2.23 bits per heavy atom. The van der Waals surface area contributed by atoms with E-state index in [1.807, 2.05) is 0 Å². The van der Waals surface area contributed by atoms with Gasteiger partial charge in [-0.1, -0.05) is 0 Å². The summed E-state index contributed by atoms with van der Waals surface area (Å²) < 4.78 is 27.4. The van der Waals surface area contributed by atoms with Crippen molar-refractivity contribution in [3.63, 3.8) is 0 Å². The maximum absolute atomic E-state index is 11.1. The van der Waals surface area contributed by atoms with Crippen LogP contribution in [-0.4, -0.2) is 43.7 Å². The molecule has 13 heavy (non-hydrogen) atoms. The lowest BCUT2D eigenvalue weighted by Gasteiger charge is -2.07. The number of aliphatic carboxylic acids is 1. The minimum absolute atomic E-state index is 0.167. The standard InChI is InChI=1S/C7H12O5S/c8-7(9)5-13(10,11)4-6-2-1-3-12-6/h6H,1-5H2,(H,8,9)/t6-/m0/s1. The summed E-state index contributed by atoms with van der Waals surface area (Å²) in [5.41, 5.74) is 0. The molecule has 0 saturated carbocycles. The van der Waals surface area contributed by atoms with E-state index < -0.39 is 21.6 Å². The third-order valence-corrected chi connectivity index (χ3v) is 3.37. The largest absolute Gasteiger partial charge is 0.480 e. The van der Waals surface area contributed by atoms with E-state index in [1.165, 1.54) is 0 Å². The van der Waals surface area contributed by atoms with E-state index in [-0.39, 0.29) is 11.9 Å². The Kier molecular flexibility index (Phi) is 3.27. The van der Waals surface area contributed by atoms with Gasteiger partial charge in [0.1, 0.15) is 5.75 Å². The van der Waals surface area contributed by atoms with E-state index in [1.54, 1.807) is 0 Å². The molecular formula is C7H12O5S. The summed E-state index contributed by atoms with van der Waals surface area (Å²) in [7, 11) is -3.49. The van der Waals surface area contributed by atoms with Gasteiger partial charge >= 0.3 is 5.97 Å². The zero-order valence-corrected chi connectivity index (χ0v) is 7.92. The fourth-order valence-electron chi connectivity index (χ4n) is 1.31. The second-order valence-electron chi connectivity index (χ2n) is 3.08. The number of ether oxygens (including phenoxy) is 1. The van der Waals surface area contributed by atoms with Crippen molar-refractivity contribution in [2.45, 2.75) is 18.9 Å². The molecule has 1 atom stereocenters. The Bertz CT molecular complexity index is 275. The quantitative estimate of drug-likeness (QED) is 0.684. The normalized spacial score (nSPS) is 23.2. The number of sulfone groups is 1. The van der Waals surface area contributed by atoms with Crippen LogP contribution in [0.1, 0.15) is 12.8 Å². The number of carboxylic acids is 1. The molecular weight excluding hydrogens is 196 g/mol. The van der Waals surface area contributed by atoms with Crippen LogP contribution < -0.4 is 0 Å². The van der Waals surface area contributed by atoms with Gasteiger partial charge in [0.15, 0.2) is 9.84 Å². The average Bonchev–Trinajstić information content (AvgIpc) is 2.34. The number of hydrogen-bond acceptors (Lipinski definition) is 4. The van der Waals surface area contributed by atoms with Gasteiger partial charge in [-0.15, -0.1) is 0 Å². The van der Waals surface area contributed by atoms with Crippen molar-refractivity contribution in [3.05, 3.63) is 0 Å². The number of hydrogen-bond donors (Lipinski definition) is 1. The molecule has 6 heteroatoms. The summed E-state index contributed by atoms with van der Waals surface area (Å²) in [5.74, 6) is -2.27. The van der Waals surface area contributed by atoms with Crippen LogP contribution >= 0.6 is 0 Å². The van der Waals surface area contributed by atoms with Gasteiger partial charge in [0.25, 0.3) is 0 Å². The Morgan fingerprint density at radius 1 is 1.54 bits per heavy atom. The third-order valence-electron chi connectivity index (χ3n) is 1.81. The van der Waals surface area contributed by atoms with Gasteiger partial charge in [0.2, 0.25) is 0 Å². The monoisotopic (exact) mass is 208 g/mol. The third kappa shape index (κ3) is 3.73. The summed E-state index contributed by atoms with van der Waals surface area (Å²) >= 11 is 0. The summed E-state index contributed by atoms with van der Waals surface area (Å²) in [6, 6.07) is 0. The molecule has 0 unspecified atom stereocenters. The molecule has 0 bridgehead atoms. The van der Waals surface area contributed by atoms with E-state index in [4.69, 9.17) is 9.84 Å². The highest BCUT2D eigenvalue weighted by Crippen LogP contribution is 2.14. The molecule has 5 nitrogen and oxygen atoms in total. The van der Waals surface area contributed by atoms with Crippen LogP contribution in [0.25, 0.3) is 0 Å². The van der Waals surface area contributed by atoms with Crippen LogP contribution in [0.15, 0.2) is 0 Å². The van der Waals surface area contributed by atoms with E-state index in [9.17, 15) is 13.2 Å². The molecule has 1 aliphatic rings. The minimum atomic E-state index is -3.49. The van der Waals surface area contributed by atoms with Crippen LogP contribution in [0.3, 0.4) is 0 Å². The molecule has 76 valence electrons. The van der Waals surface area contributed by atoms with Gasteiger partial charge in [-0.05, 0) is 12.8 Å². The lowest BCUT2D eigenvalue weighted by atomic mass is 10.3. The van der Waals surface area contributed by atoms with Crippen LogP contribution in [-0.2, 0) is 19.4 Å². The molecule has 0 aliphatic carbocycles. The summed E-state index contributed by atoms with van der Waals surface area (Å²) in [4.78, 5) is 10.2. The Morgan fingerprint density at radius 3 is 2.69 bits per heavy atom. The number of carboxylic acid groups (broad SMARTS) is 1.